The summed E-state index contributed by atoms with van der Waals surface area (Å²) < 4.78 is 7.92. The second-order valence-corrected chi connectivity index (χ2v) is 7.93. The van der Waals surface area contributed by atoms with Crippen molar-refractivity contribution in [3.63, 3.8) is 0 Å². The third-order valence-corrected chi connectivity index (χ3v) is 5.70. The van der Waals surface area contributed by atoms with Crippen LogP contribution >= 0.6 is 0 Å². The Bertz CT molecular complexity index is 1390. The van der Waals surface area contributed by atoms with Crippen LogP contribution in [0.5, 0.6) is 0 Å². The molecule has 5 rings (SSSR count). The number of aryl methyl sites for hydroxylation is 1. The molecule has 0 atom stereocenters. The van der Waals surface area contributed by atoms with Crippen LogP contribution in [0, 0.1) is 0 Å². The van der Waals surface area contributed by atoms with Crippen molar-refractivity contribution in [2.75, 3.05) is 6.54 Å². The molecule has 0 aliphatic heterocycles. The largest absolute Gasteiger partial charge is 0.464 e. The molecule has 6 heteroatoms. The second-order valence-electron chi connectivity index (χ2n) is 7.93. The van der Waals surface area contributed by atoms with Crippen molar-refractivity contribution in [3.05, 3.63) is 107 Å². The lowest BCUT2D eigenvalue weighted by Gasteiger charge is -2.22. The highest BCUT2D eigenvalue weighted by Crippen LogP contribution is 2.15. The van der Waals surface area contributed by atoms with Crippen LogP contribution in [0.15, 0.2) is 94.9 Å². The minimum Gasteiger partial charge on any atom is -0.464 e. The van der Waals surface area contributed by atoms with Crippen molar-refractivity contribution in [2.24, 2.45) is 0 Å². The summed E-state index contributed by atoms with van der Waals surface area (Å²) in [5.74, 6) is 0. The Balaban J connectivity index is 1.34. The Kier molecular flexibility index (Phi) is 5.77. The molecule has 0 N–H and O–H groups in total. The number of imidazole rings is 1. The highest BCUT2D eigenvalue weighted by Gasteiger charge is 2.13. The van der Waals surface area contributed by atoms with E-state index in [1.54, 1.807) is 18.7 Å². The standard InChI is InChI=1S/C26H24N4O2/c31-26-21(18-32-25-9-4-1-6-22(25)26)17-29(16-20-10-12-27-13-11-20)14-5-15-30-19-28-23-7-2-3-8-24(23)30/h1-4,6-13,18-19H,5,14-17H2. The van der Waals surface area contributed by atoms with Gasteiger partial charge in [-0.05, 0) is 48.4 Å². The van der Waals surface area contributed by atoms with E-state index in [1.807, 2.05) is 60.9 Å². The number of rotatable bonds is 8. The van der Waals surface area contributed by atoms with Gasteiger partial charge in [-0.2, -0.15) is 0 Å². The van der Waals surface area contributed by atoms with E-state index in [-0.39, 0.29) is 5.43 Å². The van der Waals surface area contributed by atoms with Gasteiger partial charge in [0, 0.05) is 44.1 Å². The van der Waals surface area contributed by atoms with Gasteiger partial charge in [-0.1, -0.05) is 24.3 Å². The predicted molar refractivity (Wildman–Crippen MR) is 125 cm³/mol. The number of benzene rings is 2. The monoisotopic (exact) mass is 424 g/mol. The zero-order valence-corrected chi connectivity index (χ0v) is 17.7. The second kappa shape index (κ2) is 9.16. The quantitative estimate of drug-likeness (QED) is 0.363. The molecular formula is C26H24N4O2. The SMILES string of the molecule is O=c1c(CN(CCCn2cnc3ccccc32)Cc2ccncc2)coc2ccccc12. The van der Waals surface area contributed by atoms with E-state index in [0.717, 1.165) is 37.1 Å². The molecule has 2 aromatic carbocycles. The minimum absolute atomic E-state index is 0.0344. The third-order valence-electron chi connectivity index (χ3n) is 5.70. The average Bonchev–Trinajstić information content (AvgIpc) is 3.25. The summed E-state index contributed by atoms with van der Waals surface area (Å²) in [4.78, 5) is 23.9. The summed E-state index contributed by atoms with van der Waals surface area (Å²) in [7, 11) is 0. The van der Waals surface area contributed by atoms with Crippen molar-refractivity contribution in [1.29, 1.82) is 0 Å². The van der Waals surface area contributed by atoms with Crippen LogP contribution in [0.4, 0.5) is 0 Å². The van der Waals surface area contributed by atoms with E-state index in [9.17, 15) is 4.79 Å². The molecule has 5 aromatic rings. The van der Waals surface area contributed by atoms with Crippen molar-refractivity contribution in [2.45, 2.75) is 26.1 Å². The lowest BCUT2D eigenvalue weighted by atomic mass is 10.1. The molecule has 6 nitrogen and oxygen atoms in total. The molecule has 3 aromatic heterocycles. The van der Waals surface area contributed by atoms with Crippen LogP contribution in [0.2, 0.25) is 0 Å². The van der Waals surface area contributed by atoms with E-state index in [1.165, 1.54) is 5.56 Å². The van der Waals surface area contributed by atoms with Crippen LogP contribution in [0.1, 0.15) is 17.5 Å². The Labute approximate surface area is 185 Å². The number of fused-ring (bicyclic) bond motifs is 2. The predicted octanol–water partition coefficient (Wildman–Crippen LogP) is 4.63. The fraction of sp³-hybridized carbons (Fsp3) is 0.192. The molecule has 3 heterocycles. The van der Waals surface area contributed by atoms with E-state index in [0.29, 0.717) is 23.1 Å². The highest BCUT2D eigenvalue weighted by molar-refractivity contribution is 5.76. The first-order valence-corrected chi connectivity index (χ1v) is 10.8. The molecule has 0 radical (unpaired) electrons. The van der Waals surface area contributed by atoms with Gasteiger partial charge in [0.05, 0.1) is 29.0 Å². The number of hydrogen-bond acceptors (Lipinski definition) is 5. The molecule has 0 saturated heterocycles. The van der Waals surface area contributed by atoms with E-state index in [4.69, 9.17) is 4.42 Å². The van der Waals surface area contributed by atoms with Crippen LogP contribution in [0.25, 0.3) is 22.0 Å². The van der Waals surface area contributed by atoms with Gasteiger partial charge in [0.25, 0.3) is 0 Å². The zero-order valence-electron chi connectivity index (χ0n) is 17.7. The molecular weight excluding hydrogens is 400 g/mol. The Morgan fingerprint density at radius 1 is 0.938 bits per heavy atom. The fourth-order valence-corrected chi connectivity index (χ4v) is 4.08. The molecule has 0 spiro atoms. The number of aromatic nitrogens is 3. The lowest BCUT2D eigenvalue weighted by molar-refractivity contribution is 0.246. The maximum atomic E-state index is 13.0. The average molecular weight is 425 g/mol. The molecule has 160 valence electrons. The van der Waals surface area contributed by atoms with Gasteiger partial charge in [-0.3, -0.25) is 14.7 Å². The molecule has 0 aliphatic rings. The Hall–Kier alpha value is -3.77. The number of nitrogens with zero attached hydrogens (tertiary/aromatic N) is 4. The van der Waals surface area contributed by atoms with Crippen LogP contribution in [-0.2, 0) is 19.6 Å². The summed E-state index contributed by atoms with van der Waals surface area (Å²) in [5.41, 5.74) is 4.64. The van der Waals surface area contributed by atoms with Gasteiger partial charge in [-0.15, -0.1) is 0 Å². The first kappa shape index (κ1) is 20.2. The van der Waals surface area contributed by atoms with Gasteiger partial charge in [-0.25, -0.2) is 4.98 Å². The van der Waals surface area contributed by atoms with Gasteiger partial charge < -0.3 is 8.98 Å². The van der Waals surface area contributed by atoms with Gasteiger partial charge in [0.1, 0.15) is 5.58 Å². The summed E-state index contributed by atoms with van der Waals surface area (Å²) in [6.45, 7) is 2.96. The van der Waals surface area contributed by atoms with E-state index < -0.39 is 0 Å². The zero-order chi connectivity index (χ0) is 21.8. The summed E-state index contributed by atoms with van der Waals surface area (Å²) >= 11 is 0. The molecule has 0 saturated carbocycles. The van der Waals surface area contributed by atoms with E-state index >= 15 is 0 Å². The number of pyridine rings is 1. The van der Waals surface area contributed by atoms with Crippen molar-refractivity contribution in [3.8, 4) is 0 Å². The normalized spacial score (nSPS) is 11.5. The number of para-hydroxylation sites is 3. The minimum atomic E-state index is 0.0344. The fourth-order valence-electron chi connectivity index (χ4n) is 4.08. The highest BCUT2D eigenvalue weighted by atomic mass is 16.3. The maximum Gasteiger partial charge on any atom is 0.197 e. The Morgan fingerprint density at radius 3 is 2.66 bits per heavy atom. The molecule has 0 bridgehead atoms. The van der Waals surface area contributed by atoms with Crippen molar-refractivity contribution in [1.82, 2.24) is 19.4 Å². The summed E-state index contributed by atoms with van der Waals surface area (Å²) in [5, 5.41) is 0.624. The smallest absolute Gasteiger partial charge is 0.197 e. The molecule has 0 amide bonds. The first-order chi connectivity index (χ1) is 15.8. The summed E-state index contributed by atoms with van der Waals surface area (Å²) in [6, 6.07) is 19.6. The van der Waals surface area contributed by atoms with Gasteiger partial charge in [0.2, 0.25) is 0 Å². The maximum absolute atomic E-state index is 13.0. The van der Waals surface area contributed by atoms with Crippen molar-refractivity contribution < 1.29 is 4.42 Å². The molecule has 0 aliphatic carbocycles. The van der Waals surface area contributed by atoms with Gasteiger partial charge >= 0.3 is 0 Å². The van der Waals surface area contributed by atoms with Crippen LogP contribution < -0.4 is 5.43 Å². The number of hydrogen-bond donors (Lipinski definition) is 0. The third kappa shape index (κ3) is 4.31. The lowest BCUT2D eigenvalue weighted by Crippen LogP contribution is -2.27. The molecule has 0 fully saturated rings. The van der Waals surface area contributed by atoms with E-state index in [2.05, 4.69) is 25.5 Å². The topological polar surface area (TPSA) is 64.2 Å². The van der Waals surface area contributed by atoms with Crippen molar-refractivity contribution >= 4 is 22.0 Å². The Morgan fingerprint density at radius 2 is 1.75 bits per heavy atom. The summed E-state index contributed by atoms with van der Waals surface area (Å²) in [6.07, 6.45) is 8.04. The van der Waals surface area contributed by atoms with Crippen LogP contribution in [-0.4, -0.2) is 26.0 Å². The van der Waals surface area contributed by atoms with Gasteiger partial charge in [0.15, 0.2) is 5.43 Å². The van der Waals surface area contributed by atoms with Crippen LogP contribution in [0.3, 0.4) is 0 Å². The molecule has 0 unspecified atom stereocenters. The molecule has 32 heavy (non-hydrogen) atoms. The first-order valence-electron chi connectivity index (χ1n) is 10.8.